The van der Waals surface area contributed by atoms with E-state index >= 15 is 0 Å². The molecule has 3 rings (SSSR count). The predicted molar refractivity (Wildman–Crippen MR) is 96.2 cm³/mol. The van der Waals surface area contributed by atoms with Crippen molar-refractivity contribution in [3.05, 3.63) is 108 Å². The molecule has 0 N–H and O–H groups in total. The Labute approximate surface area is 147 Å². The van der Waals surface area contributed by atoms with Gasteiger partial charge in [-0.3, -0.25) is 0 Å². The Morgan fingerprint density at radius 1 is 0.640 bits per heavy atom. The van der Waals surface area contributed by atoms with Crippen molar-refractivity contribution in [2.24, 2.45) is 0 Å². The lowest BCUT2D eigenvalue weighted by Crippen LogP contribution is -2.33. The molecule has 0 unspecified atom stereocenters. The van der Waals surface area contributed by atoms with Crippen LogP contribution < -0.4 is 0 Å². The minimum absolute atomic E-state index is 0.760. The molecule has 5 heteroatoms. The molecule has 0 aliphatic rings. The monoisotopic (exact) mass is 354 g/mol. The molecule has 0 atom stereocenters. The highest BCUT2D eigenvalue weighted by molar-refractivity contribution is 7.85. The first-order chi connectivity index (χ1) is 12.0. The van der Waals surface area contributed by atoms with Crippen molar-refractivity contribution in [2.45, 2.75) is 5.60 Å². The molecule has 0 fully saturated rings. The first kappa shape index (κ1) is 17.4. The lowest BCUT2D eigenvalue weighted by molar-refractivity contribution is -0.265. The molecule has 25 heavy (non-hydrogen) atoms. The van der Waals surface area contributed by atoms with Crippen molar-refractivity contribution < 1.29 is 17.6 Å². The molecular weight excluding hydrogens is 336 g/mol. The molecule has 0 radical (unpaired) electrons. The summed E-state index contributed by atoms with van der Waals surface area (Å²) in [5, 5.41) is 0. The van der Waals surface area contributed by atoms with Gasteiger partial charge in [0.15, 0.2) is 5.60 Å². The van der Waals surface area contributed by atoms with Crippen LogP contribution in [0.2, 0.25) is 0 Å². The second kappa shape index (κ2) is 7.19. The highest BCUT2D eigenvalue weighted by atomic mass is 32.2. The van der Waals surface area contributed by atoms with Gasteiger partial charge in [-0.15, -0.1) is 4.33 Å². The topological polar surface area (TPSA) is 52.6 Å². The molecule has 128 valence electrons. The fraction of sp³-hybridized carbons (Fsp3) is 0.100. The number of rotatable bonds is 6. The van der Waals surface area contributed by atoms with Crippen molar-refractivity contribution in [3.63, 3.8) is 0 Å². The van der Waals surface area contributed by atoms with Crippen LogP contribution in [0, 0.1) is 0 Å². The van der Waals surface area contributed by atoms with Gasteiger partial charge in [-0.1, -0.05) is 91.0 Å². The van der Waals surface area contributed by atoms with Crippen molar-refractivity contribution in [1.29, 1.82) is 0 Å². The SMILES string of the molecule is CS(=O)(=O)OOC(c1ccccc1)(c1ccccc1)c1ccccc1. The lowest BCUT2D eigenvalue weighted by atomic mass is 9.80. The third kappa shape index (κ3) is 3.79. The van der Waals surface area contributed by atoms with Crippen LogP contribution in [0.3, 0.4) is 0 Å². The van der Waals surface area contributed by atoms with Gasteiger partial charge in [-0.2, -0.15) is 13.3 Å². The van der Waals surface area contributed by atoms with Crippen LogP contribution in [0.4, 0.5) is 0 Å². The van der Waals surface area contributed by atoms with Gasteiger partial charge < -0.3 is 0 Å². The molecular formula is C20H18O4S. The number of hydrogen-bond donors (Lipinski definition) is 0. The van der Waals surface area contributed by atoms with E-state index in [1.165, 1.54) is 0 Å². The fourth-order valence-electron chi connectivity index (χ4n) is 2.78. The maximum absolute atomic E-state index is 11.6. The Morgan fingerprint density at radius 2 is 0.960 bits per heavy atom. The first-order valence-corrected chi connectivity index (χ1v) is 9.58. The zero-order valence-electron chi connectivity index (χ0n) is 13.7. The van der Waals surface area contributed by atoms with E-state index in [-0.39, 0.29) is 0 Å². The number of hydrogen-bond acceptors (Lipinski definition) is 4. The summed E-state index contributed by atoms with van der Waals surface area (Å²) in [6.45, 7) is 0. The average Bonchev–Trinajstić information content (AvgIpc) is 2.64. The maximum atomic E-state index is 11.6. The third-order valence-electron chi connectivity index (χ3n) is 3.82. The van der Waals surface area contributed by atoms with Crippen LogP contribution in [0.25, 0.3) is 0 Å². The molecule has 0 amide bonds. The Balaban J connectivity index is 2.27. The molecule has 0 heterocycles. The summed E-state index contributed by atoms with van der Waals surface area (Å²) in [6, 6.07) is 28.2. The van der Waals surface area contributed by atoms with Crippen molar-refractivity contribution in [1.82, 2.24) is 0 Å². The summed E-state index contributed by atoms with van der Waals surface area (Å²) < 4.78 is 28.1. The van der Waals surface area contributed by atoms with Crippen molar-refractivity contribution in [2.75, 3.05) is 6.26 Å². The molecule has 0 spiro atoms. The van der Waals surface area contributed by atoms with E-state index in [1.807, 2.05) is 91.0 Å². The predicted octanol–water partition coefficient (Wildman–Crippen LogP) is 3.89. The smallest absolute Gasteiger partial charge is 0.199 e. The molecule has 3 aromatic rings. The summed E-state index contributed by atoms with van der Waals surface area (Å²) in [5.74, 6) is 0. The van der Waals surface area contributed by atoms with Gasteiger partial charge in [0.05, 0.1) is 6.26 Å². The molecule has 0 aromatic heterocycles. The van der Waals surface area contributed by atoms with Crippen LogP contribution >= 0.6 is 0 Å². The molecule has 0 saturated carbocycles. The summed E-state index contributed by atoms with van der Waals surface area (Å²) in [5.41, 5.74) is 1.07. The third-order valence-corrected chi connectivity index (χ3v) is 4.14. The Hall–Kier alpha value is -2.47. The van der Waals surface area contributed by atoms with E-state index in [1.54, 1.807) is 0 Å². The Bertz CT molecular complexity index is 811. The highest BCUT2D eigenvalue weighted by Crippen LogP contribution is 2.40. The van der Waals surface area contributed by atoms with E-state index in [0.717, 1.165) is 22.9 Å². The molecule has 0 aliphatic heterocycles. The van der Waals surface area contributed by atoms with E-state index in [2.05, 4.69) is 0 Å². The van der Waals surface area contributed by atoms with E-state index < -0.39 is 15.7 Å². The normalized spacial score (nSPS) is 12.0. The van der Waals surface area contributed by atoms with Gasteiger partial charge in [0.2, 0.25) is 0 Å². The first-order valence-electron chi connectivity index (χ1n) is 7.76. The molecule has 3 aromatic carbocycles. The maximum Gasteiger partial charge on any atom is 0.290 e. The Morgan fingerprint density at radius 3 is 1.24 bits per heavy atom. The fourth-order valence-corrected chi connectivity index (χ4v) is 3.00. The molecule has 0 aliphatic carbocycles. The zero-order chi connectivity index (χ0) is 17.8. The number of benzene rings is 3. The second-order valence-corrected chi connectivity index (χ2v) is 7.18. The van der Waals surface area contributed by atoms with Crippen LogP contribution in [0.5, 0.6) is 0 Å². The quantitative estimate of drug-likeness (QED) is 0.383. The second-order valence-electron chi connectivity index (χ2n) is 5.63. The van der Waals surface area contributed by atoms with Crippen LogP contribution in [0.1, 0.15) is 16.7 Å². The van der Waals surface area contributed by atoms with Gasteiger partial charge in [0, 0.05) is 0 Å². The van der Waals surface area contributed by atoms with E-state index in [0.29, 0.717) is 0 Å². The molecule has 4 nitrogen and oxygen atoms in total. The van der Waals surface area contributed by atoms with Gasteiger partial charge in [0.25, 0.3) is 10.1 Å². The highest BCUT2D eigenvalue weighted by Gasteiger charge is 2.40. The molecule has 0 saturated heterocycles. The Kier molecular flexibility index (Phi) is 4.99. The average molecular weight is 354 g/mol. The van der Waals surface area contributed by atoms with Crippen molar-refractivity contribution in [3.8, 4) is 0 Å². The minimum Gasteiger partial charge on any atom is -0.199 e. The van der Waals surface area contributed by atoms with E-state index in [4.69, 9.17) is 9.22 Å². The van der Waals surface area contributed by atoms with Crippen molar-refractivity contribution >= 4 is 10.1 Å². The molecule has 0 bridgehead atoms. The van der Waals surface area contributed by atoms with Crippen LogP contribution in [0.15, 0.2) is 91.0 Å². The minimum atomic E-state index is -3.80. The van der Waals surface area contributed by atoms with Gasteiger partial charge in [0.1, 0.15) is 0 Å². The van der Waals surface area contributed by atoms with Crippen LogP contribution in [-0.4, -0.2) is 14.7 Å². The summed E-state index contributed by atoms with van der Waals surface area (Å²) in [4.78, 5) is 5.66. The summed E-state index contributed by atoms with van der Waals surface area (Å²) >= 11 is 0. The largest absolute Gasteiger partial charge is 0.290 e. The van der Waals surface area contributed by atoms with Gasteiger partial charge in [-0.25, -0.2) is 0 Å². The summed E-state index contributed by atoms with van der Waals surface area (Å²) in [6.07, 6.45) is 0.957. The summed E-state index contributed by atoms with van der Waals surface area (Å²) in [7, 11) is -3.80. The standard InChI is InChI=1S/C20H18O4S/c1-25(21,22)24-23-20(17-11-5-2-6-12-17,18-13-7-3-8-14-18)19-15-9-4-10-16-19/h2-16H,1H3. The van der Waals surface area contributed by atoms with Crippen LogP contribution in [-0.2, 0) is 24.9 Å². The van der Waals surface area contributed by atoms with Gasteiger partial charge in [-0.05, 0) is 16.7 Å². The van der Waals surface area contributed by atoms with E-state index in [9.17, 15) is 8.42 Å². The van der Waals surface area contributed by atoms with Gasteiger partial charge >= 0.3 is 0 Å². The lowest BCUT2D eigenvalue weighted by Gasteiger charge is -2.33. The zero-order valence-corrected chi connectivity index (χ0v) is 14.5.